The molecule has 1 aliphatic heterocycles. The van der Waals surface area contributed by atoms with E-state index in [4.69, 9.17) is 0 Å². The Kier molecular flexibility index (Phi) is 4.75. The normalized spacial score (nSPS) is 14.0. The Morgan fingerprint density at radius 1 is 1.35 bits per heavy atom. The number of rotatable bonds is 4. The van der Waals surface area contributed by atoms with Crippen molar-refractivity contribution in [1.82, 2.24) is 4.90 Å². The highest BCUT2D eigenvalue weighted by atomic mass is 32.1. The Morgan fingerprint density at radius 3 is 2.83 bits per heavy atom. The van der Waals surface area contributed by atoms with Gasteiger partial charge in [0.15, 0.2) is 5.00 Å². The Morgan fingerprint density at radius 2 is 2.13 bits per heavy atom. The van der Waals surface area contributed by atoms with Gasteiger partial charge >= 0.3 is 0 Å². The quantitative estimate of drug-likeness (QED) is 0.534. The number of thiophene rings is 1. The van der Waals surface area contributed by atoms with Crippen molar-refractivity contribution in [2.45, 2.75) is 19.5 Å². The Bertz CT molecular complexity index is 751. The summed E-state index contributed by atoms with van der Waals surface area (Å²) >= 11 is 1.71. The fourth-order valence-electron chi connectivity index (χ4n) is 2.84. The van der Waals surface area contributed by atoms with E-state index in [1.54, 1.807) is 11.3 Å². The summed E-state index contributed by atoms with van der Waals surface area (Å²) in [4.78, 5) is 3.77. The molecule has 0 spiro atoms. The summed E-state index contributed by atoms with van der Waals surface area (Å²) in [5.74, 6) is 0. The zero-order valence-electron chi connectivity index (χ0n) is 13.5. The molecular formula is C18H21N4S+. The van der Waals surface area contributed by atoms with Crippen molar-refractivity contribution in [3.63, 3.8) is 0 Å². The van der Waals surface area contributed by atoms with Gasteiger partial charge in [0.25, 0.3) is 0 Å². The molecule has 118 valence electrons. The summed E-state index contributed by atoms with van der Waals surface area (Å²) in [5, 5.41) is 13.7. The Hall–Kier alpha value is -2.16. The van der Waals surface area contributed by atoms with Crippen LogP contribution < -0.4 is 5.32 Å². The lowest BCUT2D eigenvalue weighted by atomic mass is 10.0. The van der Waals surface area contributed by atoms with Gasteiger partial charge in [-0.05, 0) is 17.5 Å². The number of hydrogen-bond donors (Lipinski definition) is 1. The monoisotopic (exact) mass is 325 g/mol. The summed E-state index contributed by atoms with van der Waals surface area (Å²) in [5.41, 5.74) is 3.39. The van der Waals surface area contributed by atoms with Crippen LogP contribution in [0.15, 0.2) is 30.3 Å². The van der Waals surface area contributed by atoms with Crippen LogP contribution in [0.3, 0.4) is 0 Å². The number of benzene rings is 1. The van der Waals surface area contributed by atoms with E-state index in [9.17, 15) is 5.26 Å². The molecule has 0 amide bonds. The van der Waals surface area contributed by atoms with Crippen molar-refractivity contribution in [2.24, 2.45) is 0 Å². The molecule has 3 rings (SSSR count). The van der Waals surface area contributed by atoms with Gasteiger partial charge in [0.2, 0.25) is 6.34 Å². The maximum Gasteiger partial charge on any atom is 0.237 e. The highest BCUT2D eigenvalue weighted by Crippen LogP contribution is 2.36. The van der Waals surface area contributed by atoms with Crippen molar-refractivity contribution in [1.29, 1.82) is 5.26 Å². The lowest BCUT2D eigenvalue weighted by Crippen LogP contribution is -2.29. The number of nitriles is 1. The zero-order valence-corrected chi connectivity index (χ0v) is 14.4. The van der Waals surface area contributed by atoms with Gasteiger partial charge in [-0.3, -0.25) is 9.48 Å². The smallest absolute Gasteiger partial charge is 0.237 e. The molecule has 0 aliphatic carbocycles. The van der Waals surface area contributed by atoms with Crippen LogP contribution in [0.5, 0.6) is 0 Å². The van der Waals surface area contributed by atoms with Gasteiger partial charge < -0.3 is 0 Å². The Labute approximate surface area is 141 Å². The molecule has 0 unspecified atom stereocenters. The standard InChI is InChI=1S/C18H20N4S/c1-21(2)13-20-18-16(10-19)15-8-9-22(12-17(15)23-18)11-14-6-4-3-5-7-14/h3-7,13H,8-9,11-12H2,1-2H3/p+1. The van der Waals surface area contributed by atoms with Gasteiger partial charge in [-0.1, -0.05) is 41.7 Å². The van der Waals surface area contributed by atoms with E-state index >= 15 is 0 Å². The first-order chi connectivity index (χ1) is 11.2. The molecule has 0 bridgehead atoms. The van der Waals surface area contributed by atoms with Crippen LogP contribution in [0.25, 0.3) is 0 Å². The van der Waals surface area contributed by atoms with E-state index in [1.165, 1.54) is 16.0 Å². The Balaban J connectivity index is 1.78. The minimum Gasteiger partial charge on any atom is -0.294 e. The third-order valence-electron chi connectivity index (χ3n) is 3.95. The number of anilines is 1. The number of nitrogens with one attached hydrogen (secondary N) is 1. The fourth-order valence-corrected chi connectivity index (χ4v) is 4.04. The molecule has 1 N–H and O–H groups in total. The van der Waals surface area contributed by atoms with E-state index in [-0.39, 0.29) is 0 Å². The molecule has 2 heterocycles. The molecular weight excluding hydrogens is 304 g/mol. The maximum atomic E-state index is 9.51. The van der Waals surface area contributed by atoms with E-state index in [0.29, 0.717) is 0 Å². The number of fused-ring (bicyclic) bond motifs is 1. The largest absolute Gasteiger partial charge is 0.294 e. The summed E-state index contributed by atoms with van der Waals surface area (Å²) in [6.07, 6.45) is 2.84. The molecule has 4 nitrogen and oxygen atoms in total. The molecule has 1 aliphatic rings. The average molecular weight is 325 g/mol. The molecule has 2 aromatic rings. The number of nitrogens with zero attached hydrogens (tertiary/aromatic N) is 3. The summed E-state index contributed by atoms with van der Waals surface area (Å²) in [7, 11) is 3.93. The average Bonchev–Trinajstić information content (AvgIpc) is 2.90. The topological polar surface area (TPSA) is 42.1 Å². The second-order valence-electron chi connectivity index (χ2n) is 6.00. The molecule has 1 aromatic carbocycles. The van der Waals surface area contributed by atoms with Crippen LogP contribution in [0, 0.1) is 11.3 Å². The van der Waals surface area contributed by atoms with E-state index in [0.717, 1.165) is 36.6 Å². The van der Waals surface area contributed by atoms with E-state index in [1.807, 2.05) is 25.0 Å². The summed E-state index contributed by atoms with van der Waals surface area (Å²) < 4.78 is 1.95. The zero-order chi connectivity index (χ0) is 16.2. The van der Waals surface area contributed by atoms with Crippen molar-refractivity contribution in [3.05, 3.63) is 51.9 Å². The van der Waals surface area contributed by atoms with Gasteiger partial charge in [0.05, 0.1) is 14.1 Å². The molecule has 0 radical (unpaired) electrons. The minimum atomic E-state index is 0.822. The van der Waals surface area contributed by atoms with Gasteiger partial charge in [0.1, 0.15) is 11.6 Å². The summed E-state index contributed by atoms with van der Waals surface area (Å²) in [6.45, 7) is 2.89. The fraction of sp³-hybridized carbons (Fsp3) is 0.333. The molecule has 5 heteroatoms. The van der Waals surface area contributed by atoms with Crippen molar-refractivity contribution >= 4 is 22.7 Å². The molecule has 1 aromatic heterocycles. The minimum absolute atomic E-state index is 0.822. The van der Waals surface area contributed by atoms with Gasteiger partial charge in [-0.2, -0.15) is 5.26 Å². The first-order valence-corrected chi connectivity index (χ1v) is 8.56. The van der Waals surface area contributed by atoms with Crippen molar-refractivity contribution in [3.8, 4) is 6.07 Å². The molecule has 0 fully saturated rings. The van der Waals surface area contributed by atoms with Crippen LogP contribution in [-0.4, -0.2) is 36.5 Å². The first-order valence-electron chi connectivity index (χ1n) is 7.74. The predicted molar refractivity (Wildman–Crippen MR) is 95.1 cm³/mol. The van der Waals surface area contributed by atoms with Crippen LogP contribution in [0.1, 0.15) is 21.6 Å². The van der Waals surface area contributed by atoms with E-state index < -0.39 is 0 Å². The second-order valence-corrected chi connectivity index (χ2v) is 7.11. The van der Waals surface area contributed by atoms with Gasteiger partial charge in [0, 0.05) is 24.5 Å². The van der Waals surface area contributed by atoms with E-state index in [2.05, 4.69) is 46.6 Å². The molecule has 23 heavy (non-hydrogen) atoms. The van der Waals surface area contributed by atoms with Crippen LogP contribution in [0.4, 0.5) is 5.00 Å². The van der Waals surface area contributed by atoms with Gasteiger partial charge in [-0.15, -0.1) is 0 Å². The molecule has 0 atom stereocenters. The molecule has 0 saturated carbocycles. The second kappa shape index (κ2) is 6.95. The highest BCUT2D eigenvalue weighted by molar-refractivity contribution is 7.16. The van der Waals surface area contributed by atoms with Crippen molar-refractivity contribution in [2.75, 3.05) is 26.0 Å². The summed E-state index contributed by atoms with van der Waals surface area (Å²) in [6, 6.07) is 12.9. The predicted octanol–water partition coefficient (Wildman–Crippen LogP) is 2.89. The molecule has 0 saturated heterocycles. The highest BCUT2D eigenvalue weighted by Gasteiger charge is 2.25. The van der Waals surface area contributed by atoms with Crippen molar-refractivity contribution < 1.29 is 4.58 Å². The SMILES string of the molecule is C[N+](C)=CNc1sc2c(c1C#N)CCN(Cc1ccccc1)C2. The first kappa shape index (κ1) is 15.7. The number of hydrogen-bond acceptors (Lipinski definition) is 3. The lowest BCUT2D eigenvalue weighted by molar-refractivity contribution is -0.459. The van der Waals surface area contributed by atoms with Gasteiger partial charge in [-0.25, -0.2) is 5.32 Å². The third-order valence-corrected chi connectivity index (χ3v) is 5.10. The van der Waals surface area contributed by atoms with Crippen LogP contribution in [0.2, 0.25) is 0 Å². The lowest BCUT2D eigenvalue weighted by Gasteiger charge is -2.26. The third kappa shape index (κ3) is 3.61. The van der Waals surface area contributed by atoms with Crippen LogP contribution >= 0.6 is 11.3 Å². The van der Waals surface area contributed by atoms with Crippen LogP contribution in [-0.2, 0) is 19.5 Å². The maximum absolute atomic E-state index is 9.51.